The highest BCUT2D eigenvalue weighted by atomic mass is 16.5. The third-order valence-electron chi connectivity index (χ3n) is 3.43. The minimum Gasteiger partial charge on any atom is -0.478 e. The molecule has 1 atom stereocenters. The lowest BCUT2D eigenvalue weighted by Gasteiger charge is -2.32. The minimum atomic E-state index is -0.0374. The van der Waals surface area contributed by atoms with Crippen LogP contribution in [0.2, 0.25) is 0 Å². The Kier molecular flexibility index (Phi) is 5.74. The van der Waals surface area contributed by atoms with Gasteiger partial charge in [-0.05, 0) is 19.8 Å². The Morgan fingerprint density at radius 2 is 2.48 bits per heavy atom. The van der Waals surface area contributed by atoms with Crippen LogP contribution in [0.3, 0.4) is 0 Å². The molecule has 0 spiro atoms. The summed E-state index contributed by atoms with van der Waals surface area (Å²) < 4.78 is 5.39. The Morgan fingerprint density at radius 1 is 1.62 bits per heavy atom. The van der Waals surface area contributed by atoms with Gasteiger partial charge in [-0.3, -0.25) is 4.79 Å². The number of piperidine rings is 1. The quantitative estimate of drug-likeness (QED) is 0.776. The summed E-state index contributed by atoms with van der Waals surface area (Å²) in [4.78, 5) is 22.8. The number of carbonyl (C=O) groups excluding carboxylic acids is 1. The molecule has 7 heteroatoms. The Bertz CT molecular complexity index is 468. The van der Waals surface area contributed by atoms with Crippen LogP contribution in [0.15, 0.2) is 12.3 Å². The van der Waals surface area contributed by atoms with Crippen molar-refractivity contribution in [3.8, 4) is 5.88 Å². The van der Waals surface area contributed by atoms with Crippen molar-refractivity contribution in [2.24, 2.45) is 11.7 Å². The SMILES string of the molecule is CCOc1ccnc(N2CCCC(C(=O)NCCN)C2)n1. The van der Waals surface area contributed by atoms with Crippen LogP contribution in [0.25, 0.3) is 0 Å². The first-order valence-corrected chi connectivity index (χ1v) is 7.43. The third kappa shape index (κ3) is 4.29. The van der Waals surface area contributed by atoms with Gasteiger partial charge in [-0.25, -0.2) is 4.98 Å². The van der Waals surface area contributed by atoms with E-state index in [0.29, 0.717) is 38.1 Å². The van der Waals surface area contributed by atoms with E-state index in [4.69, 9.17) is 10.5 Å². The zero-order chi connectivity index (χ0) is 15.1. The molecule has 1 unspecified atom stereocenters. The normalized spacial score (nSPS) is 18.4. The molecule has 0 bridgehead atoms. The predicted molar refractivity (Wildman–Crippen MR) is 80.2 cm³/mol. The molecular weight excluding hydrogens is 270 g/mol. The van der Waals surface area contributed by atoms with Crippen LogP contribution in [0, 0.1) is 5.92 Å². The number of amides is 1. The summed E-state index contributed by atoms with van der Waals surface area (Å²) in [6, 6.07) is 1.74. The maximum atomic E-state index is 12.0. The molecule has 1 aromatic rings. The number of rotatable bonds is 6. The van der Waals surface area contributed by atoms with E-state index in [2.05, 4.69) is 15.3 Å². The van der Waals surface area contributed by atoms with E-state index >= 15 is 0 Å². The molecule has 0 saturated carbocycles. The predicted octanol–water partition coefficient (Wildman–Crippen LogP) is 0.167. The van der Waals surface area contributed by atoms with Crippen molar-refractivity contribution in [1.82, 2.24) is 15.3 Å². The number of hydrogen-bond donors (Lipinski definition) is 2. The second kappa shape index (κ2) is 7.78. The molecule has 1 aliphatic heterocycles. The molecule has 7 nitrogen and oxygen atoms in total. The lowest BCUT2D eigenvalue weighted by Crippen LogP contribution is -2.44. The summed E-state index contributed by atoms with van der Waals surface area (Å²) in [5.41, 5.74) is 5.41. The highest BCUT2D eigenvalue weighted by molar-refractivity contribution is 5.79. The number of hydrogen-bond acceptors (Lipinski definition) is 6. The Labute approximate surface area is 124 Å². The standard InChI is InChI=1S/C14H23N5O2/c1-2-21-12-5-7-17-14(18-12)19-9-3-4-11(10-19)13(20)16-8-6-15/h5,7,11H,2-4,6,8-10,15H2,1H3,(H,16,20). The fourth-order valence-electron chi connectivity index (χ4n) is 2.43. The average Bonchev–Trinajstić information content (AvgIpc) is 2.53. The van der Waals surface area contributed by atoms with Gasteiger partial charge in [0, 0.05) is 38.4 Å². The van der Waals surface area contributed by atoms with Crippen LogP contribution in [0.1, 0.15) is 19.8 Å². The van der Waals surface area contributed by atoms with Gasteiger partial charge in [0.25, 0.3) is 0 Å². The fraction of sp³-hybridized carbons (Fsp3) is 0.643. The first-order valence-electron chi connectivity index (χ1n) is 7.43. The number of aromatic nitrogens is 2. The number of nitrogens with one attached hydrogen (secondary N) is 1. The molecule has 0 radical (unpaired) electrons. The van der Waals surface area contributed by atoms with Gasteiger partial charge in [-0.15, -0.1) is 0 Å². The molecule has 116 valence electrons. The van der Waals surface area contributed by atoms with E-state index in [-0.39, 0.29) is 11.8 Å². The number of nitrogens with two attached hydrogens (primary N) is 1. The zero-order valence-electron chi connectivity index (χ0n) is 12.4. The number of nitrogens with zero attached hydrogens (tertiary/aromatic N) is 3. The van der Waals surface area contributed by atoms with Gasteiger partial charge < -0.3 is 20.7 Å². The monoisotopic (exact) mass is 293 g/mol. The van der Waals surface area contributed by atoms with Crippen molar-refractivity contribution in [1.29, 1.82) is 0 Å². The van der Waals surface area contributed by atoms with Gasteiger partial charge in [0.15, 0.2) is 0 Å². The summed E-state index contributed by atoms with van der Waals surface area (Å²) in [6.07, 6.45) is 3.52. The van der Waals surface area contributed by atoms with E-state index < -0.39 is 0 Å². The van der Waals surface area contributed by atoms with Crippen LogP contribution in [-0.2, 0) is 4.79 Å². The highest BCUT2D eigenvalue weighted by Crippen LogP contribution is 2.21. The van der Waals surface area contributed by atoms with E-state index in [0.717, 1.165) is 19.4 Å². The average molecular weight is 293 g/mol. The molecule has 1 saturated heterocycles. The Hall–Kier alpha value is -1.89. The molecule has 2 heterocycles. The zero-order valence-corrected chi connectivity index (χ0v) is 12.4. The summed E-state index contributed by atoms with van der Waals surface area (Å²) in [5.74, 6) is 1.21. The van der Waals surface area contributed by atoms with Crippen molar-refractivity contribution in [2.45, 2.75) is 19.8 Å². The smallest absolute Gasteiger partial charge is 0.228 e. The summed E-state index contributed by atoms with van der Waals surface area (Å²) >= 11 is 0. The maximum absolute atomic E-state index is 12.0. The minimum absolute atomic E-state index is 0.0374. The van der Waals surface area contributed by atoms with Crippen LogP contribution in [-0.4, -0.2) is 48.7 Å². The Balaban J connectivity index is 2.00. The topological polar surface area (TPSA) is 93.4 Å². The molecule has 3 N–H and O–H groups in total. The molecule has 2 rings (SSSR count). The summed E-state index contributed by atoms with van der Waals surface area (Å²) in [7, 11) is 0. The van der Waals surface area contributed by atoms with Gasteiger partial charge in [0.05, 0.1) is 12.5 Å². The second-order valence-corrected chi connectivity index (χ2v) is 4.99. The van der Waals surface area contributed by atoms with E-state index in [1.807, 2.05) is 11.8 Å². The lowest BCUT2D eigenvalue weighted by molar-refractivity contribution is -0.125. The molecule has 1 amide bonds. The van der Waals surface area contributed by atoms with Crippen LogP contribution in [0.5, 0.6) is 5.88 Å². The number of anilines is 1. The van der Waals surface area contributed by atoms with Crippen LogP contribution in [0.4, 0.5) is 5.95 Å². The highest BCUT2D eigenvalue weighted by Gasteiger charge is 2.27. The van der Waals surface area contributed by atoms with Gasteiger partial charge in [-0.2, -0.15) is 4.98 Å². The first kappa shape index (κ1) is 15.5. The lowest BCUT2D eigenvalue weighted by atomic mass is 9.97. The molecule has 1 fully saturated rings. The number of carbonyl (C=O) groups is 1. The van der Waals surface area contributed by atoms with Crippen molar-refractivity contribution >= 4 is 11.9 Å². The van der Waals surface area contributed by atoms with E-state index in [1.54, 1.807) is 12.3 Å². The molecule has 1 aliphatic rings. The number of ether oxygens (including phenoxy) is 1. The Morgan fingerprint density at radius 3 is 3.24 bits per heavy atom. The van der Waals surface area contributed by atoms with E-state index in [1.165, 1.54) is 0 Å². The first-order chi connectivity index (χ1) is 10.2. The van der Waals surface area contributed by atoms with Gasteiger partial charge >= 0.3 is 0 Å². The molecule has 0 aromatic carbocycles. The fourth-order valence-corrected chi connectivity index (χ4v) is 2.43. The summed E-state index contributed by atoms with van der Waals surface area (Å²) in [6.45, 7) is 4.95. The second-order valence-electron chi connectivity index (χ2n) is 4.99. The van der Waals surface area contributed by atoms with Crippen molar-refractivity contribution in [2.75, 3.05) is 37.7 Å². The van der Waals surface area contributed by atoms with Gasteiger partial charge in [0.1, 0.15) is 0 Å². The molecule has 0 aliphatic carbocycles. The van der Waals surface area contributed by atoms with Crippen LogP contribution >= 0.6 is 0 Å². The van der Waals surface area contributed by atoms with Crippen molar-refractivity contribution < 1.29 is 9.53 Å². The van der Waals surface area contributed by atoms with Crippen molar-refractivity contribution in [3.63, 3.8) is 0 Å². The molecule has 1 aromatic heterocycles. The van der Waals surface area contributed by atoms with Crippen LogP contribution < -0.4 is 20.7 Å². The molecular formula is C14H23N5O2. The largest absolute Gasteiger partial charge is 0.478 e. The third-order valence-corrected chi connectivity index (χ3v) is 3.43. The maximum Gasteiger partial charge on any atom is 0.228 e. The summed E-state index contributed by atoms with van der Waals surface area (Å²) in [5, 5.41) is 2.85. The van der Waals surface area contributed by atoms with E-state index in [9.17, 15) is 4.79 Å². The molecule has 21 heavy (non-hydrogen) atoms. The van der Waals surface area contributed by atoms with Gasteiger partial charge in [-0.1, -0.05) is 0 Å². The van der Waals surface area contributed by atoms with Gasteiger partial charge in [0.2, 0.25) is 17.7 Å². The van der Waals surface area contributed by atoms with Crippen molar-refractivity contribution in [3.05, 3.63) is 12.3 Å².